The lowest BCUT2D eigenvalue weighted by atomic mass is 9.81. The summed E-state index contributed by atoms with van der Waals surface area (Å²) in [5, 5.41) is 27.5. The summed E-state index contributed by atoms with van der Waals surface area (Å²) in [4.78, 5) is 0. The largest absolute Gasteiger partial charge is 0.456 e. The number of benzene rings is 8. The summed E-state index contributed by atoms with van der Waals surface area (Å²) < 4.78 is 15.4. The zero-order valence-electron chi connectivity index (χ0n) is 29.7. The highest BCUT2D eigenvalue weighted by Crippen LogP contribution is 2.55. The van der Waals surface area contributed by atoms with Gasteiger partial charge in [-0.2, -0.15) is 10.5 Å². The van der Waals surface area contributed by atoms with Crippen molar-refractivity contribution < 1.29 is 8.83 Å². The van der Waals surface area contributed by atoms with Gasteiger partial charge in [0.25, 0.3) is 0 Å². The van der Waals surface area contributed by atoms with Crippen LogP contribution in [0.1, 0.15) is 33.7 Å². The molecule has 56 heavy (non-hydrogen) atoms. The minimum Gasteiger partial charge on any atom is -0.456 e. The van der Waals surface area contributed by atoms with Crippen molar-refractivity contribution in [2.45, 2.75) is 5.92 Å². The molecule has 0 bridgehead atoms. The minimum atomic E-state index is -0.299. The zero-order chi connectivity index (χ0) is 37.1. The van der Waals surface area contributed by atoms with Gasteiger partial charge in [-0.15, -0.1) is 0 Å². The molecule has 0 amide bonds. The maximum atomic E-state index is 10.9. The van der Waals surface area contributed by atoms with Crippen molar-refractivity contribution in [3.63, 3.8) is 0 Å². The molecule has 0 aliphatic heterocycles. The lowest BCUT2D eigenvalue weighted by Crippen LogP contribution is -2.06. The van der Waals surface area contributed by atoms with Crippen molar-refractivity contribution in [3.8, 4) is 40.1 Å². The molecule has 1 atom stereocenters. The van der Waals surface area contributed by atoms with Crippen molar-refractivity contribution >= 4 is 65.7 Å². The van der Waals surface area contributed by atoms with E-state index in [1.54, 1.807) is 0 Å². The number of para-hydroxylation sites is 4. The molecule has 5 heteroatoms. The molecule has 3 aromatic heterocycles. The third-order valence-electron chi connectivity index (χ3n) is 11.8. The van der Waals surface area contributed by atoms with Crippen LogP contribution in [0.15, 0.2) is 167 Å². The van der Waals surface area contributed by atoms with Crippen LogP contribution < -0.4 is 0 Å². The van der Waals surface area contributed by atoms with Crippen LogP contribution in [0.2, 0.25) is 0 Å². The minimum absolute atomic E-state index is 0.299. The normalized spacial score (nSPS) is 13.5. The first-order valence-electron chi connectivity index (χ1n) is 18.7. The van der Waals surface area contributed by atoms with E-state index >= 15 is 0 Å². The van der Waals surface area contributed by atoms with Crippen LogP contribution in [-0.2, 0) is 0 Å². The second-order valence-corrected chi connectivity index (χ2v) is 14.5. The Morgan fingerprint density at radius 1 is 0.500 bits per heavy atom. The average molecular weight is 714 g/mol. The molecule has 12 rings (SSSR count). The van der Waals surface area contributed by atoms with Gasteiger partial charge in [0.15, 0.2) is 0 Å². The van der Waals surface area contributed by atoms with Crippen LogP contribution in [-0.4, -0.2) is 4.57 Å². The van der Waals surface area contributed by atoms with Crippen LogP contribution in [0, 0.1) is 22.7 Å². The Morgan fingerprint density at radius 2 is 1.21 bits per heavy atom. The summed E-state index contributed by atoms with van der Waals surface area (Å²) in [5.41, 5.74) is 14.5. The number of nitriles is 2. The molecule has 0 fully saturated rings. The maximum Gasteiger partial charge on any atom is 0.143 e. The van der Waals surface area contributed by atoms with Gasteiger partial charge in [0.1, 0.15) is 22.3 Å². The van der Waals surface area contributed by atoms with Crippen molar-refractivity contribution in [3.05, 3.63) is 186 Å². The van der Waals surface area contributed by atoms with E-state index in [1.807, 2.05) is 54.6 Å². The molecular formula is C51H27N3O2. The van der Waals surface area contributed by atoms with Crippen LogP contribution in [0.4, 0.5) is 0 Å². The fourth-order valence-electron chi connectivity index (χ4n) is 9.52. The number of aromatic nitrogens is 1. The number of hydrogen-bond donors (Lipinski definition) is 0. The predicted octanol–water partition coefficient (Wildman–Crippen LogP) is 13.2. The summed E-state index contributed by atoms with van der Waals surface area (Å²) in [5.74, 6) is -0.299. The van der Waals surface area contributed by atoms with Gasteiger partial charge in [0.2, 0.25) is 0 Å². The van der Waals surface area contributed by atoms with Gasteiger partial charge >= 0.3 is 0 Å². The fraction of sp³-hybridized carbons (Fsp3) is 0.0196. The topological polar surface area (TPSA) is 78.8 Å². The highest BCUT2D eigenvalue weighted by atomic mass is 16.3. The van der Waals surface area contributed by atoms with Crippen LogP contribution >= 0.6 is 0 Å². The summed E-state index contributed by atoms with van der Waals surface area (Å²) in [6, 6.07) is 58.9. The van der Waals surface area contributed by atoms with Gasteiger partial charge in [-0.25, -0.2) is 0 Å². The first-order chi connectivity index (χ1) is 27.7. The molecule has 0 saturated carbocycles. The first kappa shape index (κ1) is 30.6. The van der Waals surface area contributed by atoms with E-state index in [1.165, 1.54) is 0 Å². The molecule has 258 valence electrons. The molecule has 1 unspecified atom stereocenters. The van der Waals surface area contributed by atoms with Gasteiger partial charge in [0, 0.05) is 44.0 Å². The lowest BCUT2D eigenvalue weighted by Gasteiger charge is -2.22. The van der Waals surface area contributed by atoms with Crippen LogP contribution in [0.3, 0.4) is 0 Å². The quantitative estimate of drug-likeness (QED) is 0.183. The van der Waals surface area contributed by atoms with E-state index in [-0.39, 0.29) is 5.92 Å². The number of furan rings is 2. The van der Waals surface area contributed by atoms with E-state index in [0.29, 0.717) is 11.1 Å². The highest BCUT2D eigenvalue weighted by Gasteiger charge is 2.36. The van der Waals surface area contributed by atoms with Gasteiger partial charge in [-0.1, -0.05) is 103 Å². The Morgan fingerprint density at radius 3 is 2.07 bits per heavy atom. The lowest BCUT2D eigenvalue weighted by molar-refractivity contribution is 0.669. The van der Waals surface area contributed by atoms with E-state index in [2.05, 4.69) is 120 Å². The Bertz CT molecular complexity index is 3580. The molecule has 11 aromatic rings. The Balaban J connectivity index is 1.18. The number of hydrogen-bond acceptors (Lipinski definition) is 4. The number of nitrogens with zero attached hydrogens (tertiary/aromatic N) is 3. The predicted molar refractivity (Wildman–Crippen MR) is 223 cm³/mol. The Labute approximate surface area is 320 Å². The zero-order valence-corrected chi connectivity index (χ0v) is 29.7. The number of rotatable bonds is 3. The third kappa shape index (κ3) is 4.01. The van der Waals surface area contributed by atoms with Gasteiger partial charge < -0.3 is 13.4 Å². The molecule has 0 N–H and O–H groups in total. The first-order valence-corrected chi connectivity index (χ1v) is 18.7. The van der Waals surface area contributed by atoms with Gasteiger partial charge in [-0.05, 0) is 82.4 Å². The smallest absolute Gasteiger partial charge is 0.143 e. The third-order valence-corrected chi connectivity index (χ3v) is 11.8. The molecule has 0 saturated heterocycles. The maximum absolute atomic E-state index is 10.9. The van der Waals surface area contributed by atoms with E-state index in [4.69, 9.17) is 8.83 Å². The molecule has 0 spiro atoms. The van der Waals surface area contributed by atoms with E-state index < -0.39 is 0 Å². The summed E-state index contributed by atoms with van der Waals surface area (Å²) in [6.45, 7) is 0. The van der Waals surface area contributed by atoms with Crippen molar-refractivity contribution in [2.75, 3.05) is 0 Å². The van der Waals surface area contributed by atoms with Gasteiger partial charge in [0.05, 0.1) is 45.4 Å². The van der Waals surface area contributed by atoms with E-state index in [9.17, 15) is 10.5 Å². The van der Waals surface area contributed by atoms with Crippen molar-refractivity contribution in [1.82, 2.24) is 4.57 Å². The molecule has 1 aliphatic rings. The Kier molecular flexibility index (Phi) is 6.18. The highest BCUT2D eigenvalue weighted by molar-refractivity contribution is 6.24. The second kappa shape index (κ2) is 11.3. The molecular weight excluding hydrogens is 687 g/mol. The monoisotopic (exact) mass is 713 g/mol. The number of fused-ring (bicyclic) bond motifs is 14. The van der Waals surface area contributed by atoms with Crippen molar-refractivity contribution in [1.29, 1.82) is 10.5 Å². The second-order valence-electron chi connectivity index (χ2n) is 14.5. The standard InChI is InChI=1S/C51H27N3O2/c52-27-29-20-21-35-40(26-29)48-39(23-22-37-33-13-3-7-18-43(33)56-51(37)48)47(35)46-30(28-53)10-9-15-34(46)31-11-1-5-16-41(31)54-42-17-6-2-12-32(42)36-24-25-45-49(50(36)54)38-14-4-8-19-44(38)55-45/h1-26,47H. The average Bonchev–Trinajstić information content (AvgIpc) is 4.00. The molecule has 0 radical (unpaired) electrons. The summed E-state index contributed by atoms with van der Waals surface area (Å²) >= 11 is 0. The molecule has 8 aromatic carbocycles. The Hall–Kier alpha value is -7.86. The van der Waals surface area contributed by atoms with Crippen molar-refractivity contribution in [2.24, 2.45) is 0 Å². The van der Waals surface area contributed by atoms with Crippen LogP contribution in [0.25, 0.3) is 93.6 Å². The van der Waals surface area contributed by atoms with Crippen LogP contribution in [0.5, 0.6) is 0 Å². The van der Waals surface area contributed by atoms with Gasteiger partial charge in [-0.3, -0.25) is 0 Å². The molecule has 1 aliphatic carbocycles. The molecule has 5 nitrogen and oxygen atoms in total. The summed E-state index contributed by atoms with van der Waals surface area (Å²) in [7, 11) is 0. The summed E-state index contributed by atoms with van der Waals surface area (Å²) in [6.07, 6.45) is 0. The SMILES string of the molecule is N#Cc1ccc2c(c1)-c1c(ccc3c1oc1ccccc13)C2c1c(C#N)cccc1-c1ccccc1-n1c2ccccc2c2ccc3oc4ccccc4c3c21. The molecule has 3 heterocycles. The van der Waals surface area contributed by atoms with E-state index in [0.717, 1.165) is 110 Å². The fourth-order valence-corrected chi connectivity index (χ4v) is 9.52.